The van der Waals surface area contributed by atoms with Gasteiger partial charge in [-0.3, -0.25) is 9.48 Å². The lowest BCUT2D eigenvalue weighted by molar-refractivity contribution is 0.0386. The summed E-state index contributed by atoms with van der Waals surface area (Å²) in [6, 6.07) is 1.66. The van der Waals surface area contributed by atoms with Crippen LogP contribution < -0.4 is 4.74 Å². The molecule has 172 valence electrons. The van der Waals surface area contributed by atoms with Crippen molar-refractivity contribution in [2.75, 3.05) is 6.61 Å². The van der Waals surface area contributed by atoms with Gasteiger partial charge in [0.25, 0.3) is 5.91 Å². The van der Waals surface area contributed by atoms with E-state index in [0.29, 0.717) is 36.7 Å². The van der Waals surface area contributed by atoms with E-state index in [4.69, 9.17) is 4.74 Å². The summed E-state index contributed by atoms with van der Waals surface area (Å²) in [6.07, 6.45) is 5.43. The summed E-state index contributed by atoms with van der Waals surface area (Å²) < 4.78 is 50.5. The number of ether oxygens (including phenoxy) is 1. The Morgan fingerprint density at radius 3 is 2.73 bits per heavy atom. The molecule has 1 saturated heterocycles. The first-order chi connectivity index (χ1) is 15.9. The molecule has 10 heteroatoms. The van der Waals surface area contributed by atoms with Crippen molar-refractivity contribution in [2.45, 2.75) is 50.7 Å². The summed E-state index contributed by atoms with van der Waals surface area (Å²) in [4.78, 5) is 15.5. The molecule has 5 heterocycles. The van der Waals surface area contributed by atoms with E-state index in [1.807, 2.05) is 4.90 Å². The maximum absolute atomic E-state index is 14.0. The van der Waals surface area contributed by atoms with Gasteiger partial charge in [-0.15, -0.1) is 0 Å². The second-order valence-electron chi connectivity index (χ2n) is 8.90. The second kappa shape index (κ2) is 7.36. The fourth-order valence-electron chi connectivity index (χ4n) is 5.56. The minimum Gasteiger partial charge on any atom is -0.477 e. The maximum atomic E-state index is 14.0. The highest BCUT2D eigenvalue weighted by molar-refractivity contribution is 5.97. The van der Waals surface area contributed by atoms with E-state index in [0.717, 1.165) is 49.1 Å². The van der Waals surface area contributed by atoms with Crippen LogP contribution in [0.15, 0.2) is 18.3 Å². The Kier molecular flexibility index (Phi) is 4.53. The number of hydrogen-bond donors (Lipinski definition) is 0. The topological polar surface area (TPSA) is 65.2 Å². The third kappa shape index (κ3) is 2.99. The molecule has 1 fully saturated rings. The SMILES string of the molecule is Cn1nc2c(c1-c1cc(F)c(F)c(F)c1)CC1CCCC2N1C(=O)c1cnn2c1OCCC2. The fourth-order valence-corrected chi connectivity index (χ4v) is 5.56. The lowest BCUT2D eigenvalue weighted by Gasteiger charge is -2.45. The smallest absolute Gasteiger partial charge is 0.261 e. The summed E-state index contributed by atoms with van der Waals surface area (Å²) >= 11 is 0. The van der Waals surface area contributed by atoms with Crippen LogP contribution in [-0.2, 0) is 20.0 Å². The number of carbonyl (C=O) groups is 1. The van der Waals surface area contributed by atoms with Crippen molar-refractivity contribution < 1.29 is 22.7 Å². The molecule has 33 heavy (non-hydrogen) atoms. The number of fused-ring (bicyclic) bond motifs is 5. The molecule has 2 unspecified atom stereocenters. The van der Waals surface area contributed by atoms with Gasteiger partial charge in [0.05, 0.1) is 30.2 Å². The van der Waals surface area contributed by atoms with Crippen molar-refractivity contribution in [3.8, 4) is 17.1 Å². The average Bonchev–Trinajstić information content (AvgIpc) is 3.37. The van der Waals surface area contributed by atoms with Crippen LogP contribution in [0.1, 0.15) is 53.3 Å². The van der Waals surface area contributed by atoms with Gasteiger partial charge in [-0.05, 0) is 37.8 Å². The Morgan fingerprint density at radius 1 is 1.15 bits per heavy atom. The molecular weight excluding hydrogens is 435 g/mol. The molecule has 6 rings (SSSR count). The molecule has 0 aliphatic carbocycles. The van der Waals surface area contributed by atoms with Gasteiger partial charge in [-0.1, -0.05) is 0 Å². The highest BCUT2D eigenvalue weighted by Crippen LogP contribution is 2.45. The van der Waals surface area contributed by atoms with Crippen LogP contribution in [0.25, 0.3) is 11.3 Å². The highest BCUT2D eigenvalue weighted by Gasteiger charge is 2.44. The monoisotopic (exact) mass is 457 g/mol. The molecule has 3 aliphatic heterocycles. The van der Waals surface area contributed by atoms with E-state index < -0.39 is 17.5 Å². The Morgan fingerprint density at radius 2 is 1.94 bits per heavy atom. The van der Waals surface area contributed by atoms with E-state index in [1.54, 1.807) is 22.6 Å². The van der Waals surface area contributed by atoms with E-state index in [2.05, 4.69) is 10.2 Å². The summed E-state index contributed by atoms with van der Waals surface area (Å²) in [7, 11) is 1.70. The fraction of sp³-hybridized carbons (Fsp3) is 0.435. The number of benzene rings is 1. The summed E-state index contributed by atoms with van der Waals surface area (Å²) in [6.45, 7) is 1.27. The van der Waals surface area contributed by atoms with E-state index in [9.17, 15) is 18.0 Å². The first-order valence-corrected chi connectivity index (χ1v) is 11.2. The predicted octanol–water partition coefficient (Wildman–Crippen LogP) is 3.78. The molecule has 2 aromatic heterocycles. The molecule has 2 atom stereocenters. The van der Waals surface area contributed by atoms with Gasteiger partial charge in [0.1, 0.15) is 5.56 Å². The number of aromatic nitrogens is 4. The quantitative estimate of drug-likeness (QED) is 0.550. The molecule has 0 radical (unpaired) electrons. The third-order valence-electron chi connectivity index (χ3n) is 6.94. The first kappa shape index (κ1) is 20.3. The van der Waals surface area contributed by atoms with E-state index in [1.165, 1.54) is 0 Å². The van der Waals surface area contributed by atoms with Crippen molar-refractivity contribution >= 4 is 5.91 Å². The largest absolute Gasteiger partial charge is 0.477 e. The number of carbonyl (C=O) groups excluding carboxylic acids is 1. The van der Waals surface area contributed by atoms with E-state index in [-0.39, 0.29) is 23.6 Å². The maximum Gasteiger partial charge on any atom is 0.261 e. The lowest BCUT2D eigenvalue weighted by atomic mass is 9.81. The number of halogens is 3. The van der Waals surface area contributed by atoms with Gasteiger partial charge in [-0.25, -0.2) is 17.9 Å². The molecule has 1 amide bonds. The second-order valence-corrected chi connectivity index (χ2v) is 8.90. The van der Waals surface area contributed by atoms with Crippen molar-refractivity contribution in [3.05, 3.63) is 52.6 Å². The Balaban J connectivity index is 1.42. The third-order valence-corrected chi connectivity index (χ3v) is 6.94. The van der Waals surface area contributed by atoms with E-state index >= 15 is 0 Å². The average molecular weight is 457 g/mol. The van der Waals surface area contributed by atoms with Gasteiger partial charge in [0, 0.05) is 37.2 Å². The number of hydrogen-bond acceptors (Lipinski definition) is 4. The van der Waals surface area contributed by atoms with Crippen LogP contribution in [0.2, 0.25) is 0 Å². The number of nitrogens with zero attached hydrogens (tertiary/aromatic N) is 5. The van der Waals surface area contributed by atoms with Gasteiger partial charge in [0.15, 0.2) is 17.5 Å². The molecule has 3 aromatic rings. The number of piperidine rings is 1. The Hall–Kier alpha value is -3.30. The van der Waals surface area contributed by atoms with Gasteiger partial charge in [-0.2, -0.15) is 10.2 Å². The molecule has 0 N–H and O–H groups in total. The lowest BCUT2D eigenvalue weighted by Crippen LogP contribution is -2.50. The van der Waals surface area contributed by atoms with Crippen molar-refractivity contribution in [1.82, 2.24) is 24.5 Å². The first-order valence-electron chi connectivity index (χ1n) is 11.2. The number of amides is 1. The molecule has 3 aliphatic rings. The number of aryl methyl sites for hydroxylation is 2. The standard InChI is InChI=1S/C23H22F3N5O2/c1-29-21(12-8-16(24)19(26)17(25)9-12)14-10-13-4-2-5-18(20(14)28-29)31(13)22(32)15-11-27-30-6-3-7-33-23(15)30/h8-9,11,13,18H,2-7,10H2,1H3. The van der Waals surface area contributed by atoms with Crippen LogP contribution in [-0.4, -0.2) is 43.0 Å². The summed E-state index contributed by atoms with van der Waals surface area (Å²) in [5.41, 5.74) is 2.82. The molecule has 0 spiro atoms. The van der Waals surface area contributed by atoms with Crippen LogP contribution >= 0.6 is 0 Å². The highest BCUT2D eigenvalue weighted by atomic mass is 19.2. The van der Waals surface area contributed by atoms with Gasteiger partial charge >= 0.3 is 0 Å². The molecular formula is C23H22F3N5O2. The van der Waals surface area contributed by atoms with Crippen LogP contribution in [0.4, 0.5) is 13.2 Å². The normalized spacial score (nSPS) is 21.4. The van der Waals surface area contributed by atoms with Crippen molar-refractivity contribution in [2.24, 2.45) is 7.05 Å². The molecule has 1 aromatic carbocycles. The molecule has 2 bridgehead atoms. The van der Waals surface area contributed by atoms with Gasteiger partial charge in [0.2, 0.25) is 5.88 Å². The summed E-state index contributed by atoms with van der Waals surface area (Å²) in [5, 5.41) is 8.98. The van der Waals surface area contributed by atoms with Crippen LogP contribution in [0.3, 0.4) is 0 Å². The van der Waals surface area contributed by atoms with Crippen LogP contribution in [0, 0.1) is 17.5 Å². The zero-order valence-electron chi connectivity index (χ0n) is 18.0. The summed E-state index contributed by atoms with van der Waals surface area (Å²) in [5.74, 6) is -3.59. The minimum absolute atomic E-state index is 0.0824. The Bertz CT molecular complexity index is 1260. The Labute approximate surface area is 187 Å². The zero-order valence-corrected chi connectivity index (χ0v) is 18.0. The molecule has 7 nitrogen and oxygen atoms in total. The van der Waals surface area contributed by atoms with Crippen LogP contribution in [0.5, 0.6) is 5.88 Å². The number of rotatable bonds is 2. The van der Waals surface area contributed by atoms with Crippen molar-refractivity contribution in [3.63, 3.8) is 0 Å². The zero-order chi connectivity index (χ0) is 22.9. The minimum atomic E-state index is -1.49. The van der Waals surface area contributed by atoms with Gasteiger partial charge < -0.3 is 9.64 Å². The van der Waals surface area contributed by atoms with Crippen molar-refractivity contribution in [1.29, 1.82) is 0 Å². The molecule has 0 saturated carbocycles. The predicted molar refractivity (Wildman–Crippen MR) is 111 cm³/mol.